The van der Waals surface area contributed by atoms with Gasteiger partial charge in [0, 0.05) is 19.1 Å². The van der Waals surface area contributed by atoms with Gasteiger partial charge in [0.1, 0.15) is 0 Å². The summed E-state index contributed by atoms with van der Waals surface area (Å²) in [5.74, 6) is -5.73. The van der Waals surface area contributed by atoms with Gasteiger partial charge in [0.15, 0.2) is 29.6 Å². The van der Waals surface area contributed by atoms with E-state index in [1.807, 2.05) is 0 Å². The maximum Gasteiger partial charge on any atom is 0.167 e. The summed E-state index contributed by atoms with van der Waals surface area (Å²) < 4.78 is 62.2. The highest BCUT2D eigenvalue weighted by molar-refractivity contribution is 5.21. The summed E-state index contributed by atoms with van der Waals surface area (Å²) in [4.78, 5) is 0. The van der Waals surface area contributed by atoms with E-state index in [-0.39, 0.29) is 6.07 Å². The summed E-state index contributed by atoms with van der Waals surface area (Å²) in [7, 11) is 0. The lowest BCUT2D eigenvalue weighted by atomic mass is 10.2. The molecule has 1 heterocycles. The van der Waals surface area contributed by atoms with Gasteiger partial charge in [-0.1, -0.05) is 0 Å². The number of hydrogen-bond donors (Lipinski definition) is 0. The Morgan fingerprint density at radius 3 is 2.35 bits per heavy atom. The number of benzene rings is 1. The molecular formula is C11H10F4O2. The van der Waals surface area contributed by atoms with Crippen LogP contribution in [0.4, 0.5) is 17.6 Å². The fourth-order valence-corrected chi connectivity index (χ4v) is 1.61. The predicted molar refractivity (Wildman–Crippen MR) is 50.0 cm³/mol. The zero-order valence-corrected chi connectivity index (χ0v) is 8.81. The molecule has 1 aromatic carbocycles. The summed E-state index contributed by atoms with van der Waals surface area (Å²) >= 11 is 0. The van der Waals surface area contributed by atoms with E-state index in [4.69, 9.17) is 9.47 Å². The van der Waals surface area contributed by atoms with Crippen molar-refractivity contribution < 1.29 is 27.0 Å². The highest BCUT2D eigenvalue weighted by atomic mass is 19.2. The zero-order valence-electron chi connectivity index (χ0n) is 8.81. The summed E-state index contributed by atoms with van der Waals surface area (Å²) in [6.07, 6.45) is 0.814. The topological polar surface area (TPSA) is 18.5 Å². The molecule has 1 fully saturated rings. The molecule has 6 heteroatoms. The molecule has 0 N–H and O–H groups in total. The summed E-state index contributed by atoms with van der Waals surface area (Å²) in [5, 5.41) is 0. The molecule has 17 heavy (non-hydrogen) atoms. The Bertz CT molecular complexity index is 390. The molecule has 0 spiro atoms. The van der Waals surface area contributed by atoms with Crippen LogP contribution in [0.3, 0.4) is 0 Å². The van der Waals surface area contributed by atoms with Crippen molar-refractivity contribution in [1.29, 1.82) is 0 Å². The van der Waals surface area contributed by atoms with Crippen LogP contribution in [0.25, 0.3) is 0 Å². The molecule has 1 aliphatic rings. The second-order valence-corrected chi connectivity index (χ2v) is 3.70. The molecule has 1 saturated heterocycles. The number of ether oxygens (including phenoxy) is 2. The molecule has 0 amide bonds. The Balaban J connectivity index is 2.13. The van der Waals surface area contributed by atoms with E-state index in [9.17, 15) is 17.6 Å². The van der Waals surface area contributed by atoms with Crippen LogP contribution < -0.4 is 0 Å². The average molecular weight is 250 g/mol. The summed E-state index contributed by atoms with van der Waals surface area (Å²) in [6, 6.07) is 0.167. The molecule has 0 aromatic heterocycles. The molecule has 1 unspecified atom stereocenters. The Morgan fingerprint density at radius 2 is 1.82 bits per heavy atom. The first-order valence-electron chi connectivity index (χ1n) is 5.14. The van der Waals surface area contributed by atoms with Crippen molar-refractivity contribution in [2.24, 2.45) is 0 Å². The third-order valence-corrected chi connectivity index (χ3v) is 2.50. The maximum absolute atomic E-state index is 13.2. The van der Waals surface area contributed by atoms with Gasteiger partial charge >= 0.3 is 0 Å². The van der Waals surface area contributed by atoms with Crippen LogP contribution in [0.5, 0.6) is 0 Å². The monoisotopic (exact) mass is 250 g/mol. The third kappa shape index (κ3) is 2.58. The Kier molecular flexibility index (Phi) is 3.63. The second-order valence-electron chi connectivity index (χ2n) is 3.70. The molecule has 1 aromatic rings. The largest absolute Gasteiger partial charge is 0.353 e. The van der Waals surface area contributed by atoms with Crippen LogP contribution >= 0.6 is 0 Å². The third-order valence-electron chi connectivity index (χ3n) is 2.50. The lowest BCUT2D eigenvalue weighted by Crippen LogP contribution is -2.13. The van der Waals surface area contributed by atoms with Gasteiger partial charge in [0.2, 0.25) is 0 Å². The van der Waals surface area contributed by atoms with Gasteiger partial charge in [0.05, 0.1) is 12.2 Å². The minimum Gasteiger partial charge on any atom is -0.353 e. The van der Waals surface area contributed by atoms with E-state index in [2.05, 4.69) is 0 Å². The van der Waals surface area contributed by atoms with Crippen molar-refractivity contribution in [3.63, 3.8) is 0 Å². The fraction of sp³-hybridized carbons (Fsp3) is 0.455. The SMILES string of the molecule is Fc1cc(F)c(F)c(COC2CCCO2)c1F. The lowest BCUT2D eigenvalue weighted by molar-refractivity contribution is -0.120. The first-order valence-corrected chi connectivity index (χ1v) is 5.14. The fourth-order valence-electron chi connectivity index (χ4n) is 1.61. The highest BCUT2D eigenvalue weighted by Crippen LogP contribution is 2.22. The Morgan fingerprint density at radius 1 is 1.18 bits per heavy atom. The van der Waals surface area contributed by atoms with Crippen LogP contribution in [0.15, 0.2) is 6.07 Å². The van der Waals surface area contributed by atoms with E-state index >= 15 is 0 Å². The molecule has 2 nitrogen and oxygen atoms in total. The molecule has 2 rings (SSSR count). The van der Waals surface area contributed by atoms with Gasteiger partial charge in [-0.25, -0.2) is 17.6 Å². The van der Waals surface area contributed by atoms with Crippen molar-refractivity contribution in [2.75, 3.05) is 6.61 Å². The van der Waals surface area contributed by atoms with Crippen molar-refractivity contribution in [3.8, 4) is 0 Å². The van der Waals surface area contributed by atoms with Crippen LogP contribution in [0, 0.1) is 23.3 Å². The van der Waals surface area contributed by atoms with Crippen LogP contribution in [-0.4, -0.2) is 12.9 Å². The van der Waals surface area contributed by atoms with E-state index in [1.54, 1.807) is 0 Å². The molecule has 1 aliphatic heterocycles. The highest BCUT2D eigenvalue weighted by Gasteiger charge is 2.22. The summed E-state index contributed by atoms with van der Waals surface area (Å²) in [6.45, 7) is -0.0514. The Labute approximate surface area is 95.1 Å². The molecule has 0 bridgehead atoms. The van der Waals surface area contributed by atoms with Gasteiger partial charge in [-0.2, -0.15) is 0 Å². The van der Waals surface area contributed by atoms with Gasteiger partial charge in [-0.05, 0) is 6.42 Å². The summed E-state index contributed by atoms with van der Waals surface area (Å²) in [5.41, 5.74) is -0.752. The maximum atomic E-state index is 13.2. The minimum absolute atomic E-state index is 0.167. The van der Waals surface area contributed by atoms with E-state index in [0.717, 1.165) is 6.42 Å². The number of rotatable bonds is 3. The van der Waals surface area contributed by atoms with Gasteiger partial charge in [0.25, 0.3) is 0 Å². The van der Waals surface area contributed by atoms with Crippen molar-refractivity contribution in [1.82, 2.24) is 0 Å². The first-order chi connectivity index (χ1) is 8.09. The average Bonchev–Trinajstić information content (AvgIpc) is 2.79. The first kappa shape index (κ1) is 12.3. The second kappa shape index (κ2) is 5.01. The molecule has 1 atom stereocenters. The van der Waals surface area contributed by atoms with Gasteiger partial charge < -0.3 is 9.47 Å². The van der Waals surface area contributed by atoms with Crippen LogP contribution in [0.1, 0.15) is 18.4 Å². The number of hydrogen-bond acceptors (Lipinski definition) is 2. The van der Waals surface area contributed by atoms with E-state index in [1.165, 1.54) is 0 Å². The molecule has 0 aliphatic carbocycles. The van der Waals surface area contributed by atoms with Crippen molar-refractivity contribution in [3.05, 3.63) is 34.9 Å². The normalized spacial score (nSPS) is 19.9. The van der Waals surface area contributed by atoms with E-state index < -0.39 is 41.7 Å². The van der Waals surface area contributed by atoms with Gasteiger partial charge in [-0.3, -0.25) is 0 Å². The molecule has 94 valence electrons. The minimum atomic E-state index is -1.44. The molecular weight excluding hydrogens is 240 g/mol. The van der Waals surface area contributed by atoms with Crippen molar-refractivity contribution >= 4 is 0 Å². The van der Waals surface area contributed by atoms with Crippen molar-refractivity contribution in [2.45, 2.75) is 25.7 Å². The van der Waals surface area contributed by atoms with Gasteiger partial charge in [-0.15, -0.1) is 0 Å². The zero-order chi connectivity index (χ0) is 12.4. The predicted octanol–water partition coefficient (Wildman–Crippen LogP) is 2.90. The van der Waals surface area contributed by atoms with Crippen LogP contribution in [-0.2, 0) is 16.1 Å². The Hall–Kier alpha value is -1.14. The molecule has 0 saturated carbocycles. The smallest absolute Gasteiger partial charge is 0.167 e. The standard InChI is InChI=1S/C11H10F4O2/c12-7-4-8(13)11(15)6(10(7)14)5-17-9-2-1-3-16-9/h4,9H,1-3,5H2. The quantitative estimate of drug-likeness (QED) is 0.606. The lowest BCUT2D eigenvalue weighted by Gasteiger charge is -2.12. The molecule has 0 radical (unpaired) electrons. The van der Waals surface area contributed by atoms with E-state index in [0.29, 0.717) is 13.0 Å². The number of halogens is 4. The van der Waals surface area contributed by atoms with Crippen LogP contribution in [0.2, 0.25) is 0 Å².